The summed E-state index contributed by atoms with van der Waals surface area (Å²) in [5.74, 6) is 0.575. The summed E-state index contributed by atoms with van der Waals surface area (Å²) in [6, 6.07) is 1.89. The summed E-state index contributed by atoms with van der Waals surface area (Å²) < 4.78 is 6.35. The average molecular weight is 234 g/mol. The van der Waals surface area contributed by atoms with Crippen LogP contribution in [0.1, 0.15) is 6.42 Å². The highest BCUT2D eigenvalue weighted by molar-refractivity contribution is 5.71. The zero-order valence-corrected chi connectivity index (χ0v) is 9.83. The Morgan fingerprint density at radius 1 is 1.53 bits per heavy atom. The lowest BCUT2D eigenvalue weighted by molar-refractivity contribution is -0.140. The van der Waals surface area contributed by atoms with Crippen molar-refractivity contribution in [3.05, 3.63) is 24.7 Å². The van der Waals surface area contributed by atoms with Gasteiger partial charge >= 0.3 is 5.97 Å². The van der Waals surface area contributed by atoms with E-state index in [2.05, 4.69) is 14.8 Å². The van der Waals surface area contributed by atoms with Crippen LogP contribution in [0.5, 0.6) is 0 Å². The van der Waals surface area contributed by atoms with Crippen LogP contribution >= 0.6 is 0 Å². The van der Waals surface area contributed by atoms with Crippen LogP contribution in [0.3, 0.4) is 0 Å². The van der Waals surface area contributed by atoms with Crippen LogP contribution in [-0.4, -0.2) is 41.3 Å². The molecule has 90 valence electrons. The fourth-order valence-corrected chi connectivity index (χ4v) is 1.60. The normalized spacial score (nSPS) is 10.5. The Morgan fingerprint density at radius 3 is 3.12 bits per heavy atom. The monoisotopic (exact) mass is 234 g/mol. The van der Waals surface area contributed by atoms with Crippen molar-refractivity contribution in [3.63, 3.8) is 0 Å². The molecule has 0 saturated carbocycles. The van der Waals surface area contributed by atoms with Crippen molar-refractivity contribution in [1.29, 1.82) is 0 Å². The van der Waals surface area contributed by atoms with Crippen molar-refractivity contribution in [2.45, 2.75) is 6.42 Å². The topological polar surface area (TPSA) is 59.7 Å². The molecule has 0 aliphatic rings. The van der Waals surface area contributed by atoms with E-state index in [1.807, 2.05) is 18.0 Å². The number of carbonyl (C=O) groups is 1. The minimum Gasteiger partial charge on any atom is -0.469 e. The molecule has 0 fully saturated rings. The zero-order valence-electron chi connectivity index (χ0n) is 9.83. The third kappa shape index (κ3) is 2.35. The maximum Gasteiger partial charge on any atom is 0.307 e. The van der Waals surface area contributed by atoms with Crippen LogP contribution in [0.4, 0.5) is 5.82 Å². The van der Waals surface area contributed by atoms with E-state index in [-0.39, 0.29) is 5.97 Å². The van der Waals surface area contributed by atoms with Crippen LogP contribution < -0.4 is 4.90 Å². The van der Waals surface area contributed by atoms with E-state index < -0.39 is 0 Å². The molecule has 0 saturated heterocycles. The maximum absolute atomic E-state index is 11.1. The van der Waals surface area contributed by atoms with Gasteiger partial charge in [0.1, 0.15) is 5.52 Å². The first kappa shape index (κ1) is 11.4. The Morgan fingerprint density at radius 2 is 2.35 bits per heavy atom. The number of hydrogen-bond donors (Lipinski definition) is 0. The number of aromatic nitrogens is 3. The van der Waals surface area contributed by atoms with E-state index in [0.29, 0.717) is 13.0 Å². The number of methoxy groups -OCH3 is 1. The van der Waals surface area contributed by atoms with Gasteiger partial charge < -0.3 is 9.64 Å². The van der Waals surface area contributed by atoms with Crippen LogP contribution in [-0.2, 0) is 9.53 Å². The molecule has 0 radical (unpaired) electrons. The number of fused-ring (bicyclic) bond motifs is 1. The fraction of sp³-hybridized carbons (Fsp3) is 0.364. The minimum absolute atomic E-state index is 0.225. The van der Waals surface area contributed by atoms with Gasteiger partial charge in [0, 0.05) is 26.0 Å². The van der Waals surface area contributed by atoms with E-state index in [1.165, 1.54) is 7.11 Å². The lowest BCUT2D eigenvalue weighted by atomic mass is 10.3. The molecular weight excluding hydrogens is 220 g/mol. The van der Waals surface area contributed by atoms with Crippen molar-refractivity contribution in [1.82, 2.24) is 14.6 Å². The van der Waals surface area contributed by atoms with Crippen LogP contribution in [0, 0.1) is 0 Å². The van der Waals surface area contributed by atoms with E-state index in [1.54, 1.807) is 23.1 Å². The maximum atomic E-state index is 11.1. The number of nitrogens with zero attached hydrogens (tertiary/aromatic N) is 4. The summed E-state index contributed by atoms with van der Waals surface area (Å²) in [6.07, 6.45) is 5.52. The number of ether oxygens (including phenoxy) is 1. The predicted octanol–water partition coefficient (Wildman–Crippen LogP) is 0.729. The lowest BCUT2D eigenvalue weighted by Crippen LogP contribution is -2.23. The van der Waals surface area contributed by atoms with Gasteiger partial charge in [-0.2, -0.15) is 5.10 Å². The number of esters is 1. The second-order valence-electron chi connectivity index (χ2n) is 3.66. The average Bonchev–Trinajstić information content (AvgIpc) is 2.83. The standard InChI is InChI=1S/C11H14N4O2/c1-14(7-4-10(16)17-2)11-9-3-5-13-15(9)8-6-12-11/h3,5-6,8H,4,7H2,1-2H3. The molecule has 2 aromatic heterocycles. The van der Waals surface area contributed by atoms with Gasteiger partial charge in [0.15, 0.2) is 5.82 Å². The smallest absolute Gasteiger partial charge is 0.307 e. The van der Waals surface area contributed by atoms with E-state index >= 15 is 0 Å². The number of carbonyl (C=O) groups excluding carboxylic acids is 1. The highest BCUT2D eigenvalue weighted by atomic mass is 16.5. The quantitative estimate of drug-likeness (QED) is 0.730. The van der Waals surface area contributed by atoms with Gasteiger partial charge in [-0.15, -0.1) is 0 Å². The van der Waals surface area contributed by atoms with Crippen molar-refractivity contribution in [3.8, 4) is 0 Å². The van der Waals surface area contributed by atoms with Gasteiger partial charge in [-0.3, -0.25) is 4.79 Å². The molecule has 6 heteroatoms. The number of rotatable bonds is 4. The first-order valence-corrected chi connectivity index (χ1v) is 5.28. The Labute approximate surface area is 98.8 Å². The summed E-state index contributed by atoms with van der Waals surface area (Å²) in [5.41, 5.74) is 0.917. The molecule has 2 rings (SSSR count). The summed E-state index contributed by atoms with van der Waals surface area (Å²) in [6.45, 7) is 0.560. The Kier molecular flexibility index (Phi) is 3.22. The molecule has 0 unspecified atom stereocenters. The van der Waals surface area contributed by atoms with Crippen molar-refractivity contribution < 1.29 is 9.53 Å². The van der Waals surface area contributed by atoms with Crippen LogP contribution in [0.25, 0.3) is 5.52 Å². The first-order chi connectivity index (χ1) is 8.22. The van der Waals surface area contributed by atoms with E-state index in [0.717, 1.165) is 11.3 Å². The zero-order chi connectivity index (χ0) is 12.3. The summed E-state index contributed by atoms with van der Waals surface area (Å²) in [7, 11) is 3.27. The largest absolute Gasteiger partial charge is 0.469 e. The molecule has 0 spiro atoms. The SMILES string of the molecule is COC(=O)CCN(C)c1nccn2nccc12. The third-order valence-electron chi connectivity index (χ3n) is 2.54. The molecule has 0 amide bonds. The molecule has 0 N–H and O–H groups in total. The predicted molar refractivity (Wildman–Crippen MR) is 62.9 cm³/mol. The Bertz CT molecular complexity index is 523. The summed E-state index contributed by atoms with van der Waals surface area (Å²) in [5, 5.41) is 4.13. The molecule has 0 aliphatic heterocycles. The molecule has 0 bridgehead atoms. The van der Waals surface area contributed by atoms with Gasteiger partial charge in [0.05, 0.1) is 19.7 Å². The molecule has 0 aliphatic carbocycles. The molecule has 0 aromatic carbocycles. The molecule has 0 atom stereocenters. The van der Waals surface area contributed by atoms with E-state index in [9.17, 15) is 4.79 Å². The minimum atomic E-state index is -0.225. The molecule has 2 aromatic rings. The highest BCUT2D eigenvalue weighted by Gasteiger charge is 2.10. The van der Waals surface area contributed by atoms with Crippen LogP contribution in [0.15, 0.2) is 24.7 Å². The van der Waals surface area contributed by atoms with Crippen LogP contribution in [0.2, 0.25) is 0 Å². The highest BCUT2D eigenvalue weighted by Crippen LogP contribution is 2.16. The fourth-order valence-electron chi connectivity index (χ4n) is 1.60. The van der Waals surface area contributed by atoms with Gasteiger partial charge in [-0.05, 0) is 6.07 Å². The van der Waals surface area contributed by atoms with Crippen molar-refractivity contribution in [2.75, 3.05) is 25.6 Å². The Balaban J connectivity index is 2.15. The summed E-state index contributed by atoms with van der Waals surface area (Å²) >= 11 is 0. The van der Waals surface area contributed by atoms with Gasteiger partial charge in [-0.1, -0.05) is 0 Å². The molecule has 17 heavy (non-hydrogen) atoms. The van der Waals surface area contributed by atoms with Crippen molar-refractivity contribution >= 4 is 17.3 Å². The molecular formula is C11H14N4O2. The van der Waals surface area contributed by atoms with Gasteiger partial charge in [-0.25, -0.2) is 9.50 Å². The number of anilines is 1. The first-order valence-electron chi connectivity index (χ1n) is 5.28. The second-order valence-corrected chi connectivity index (χ2v) is 3.66. The summed E-state index contributed by atoms with van der Waals surface area (Å²) in [4.78, 5) is 17.3. The van der Waals surface area contributed by atoms with Gasteiger partial charge in [0.2, 0.25) is 0 Å². The third-order valence-corrected chi connectivity index (χ3v) is 2.54. The lowest BCUT2D eigenvalue weighted by Gasteiger charge is -2.17. The van der Waals surface area contributed by atoms with E-state index in [4.69, 9.17) is 0 Å². The van der Waals surface area contributed by atoms with Gasteiger partial charge in [0.25, 0.3) is 0 Å². The van der Waals surface area contributed by atoms with Crippen molar-refractivity contribution in [2.24, 2.45) is 0 Å². The second kappa shape index (κ2) is 4.82. The molecule has 2 heterocycles. The Hall–Kier alpha value is -2.11. The number of hydrogen-bond acceptors (Lipinski definition) is 5. The molecule has 6 nitrogen and oxygen atoms in total.